The maximum atomic E-state index is 12.5. The standard InChI is InChI=1S/C16H16N2O3S/c1-18(13-14-5-3-2-4-6-14)22(19,20)16-9-7-15(8-10-16)21-12-11-17/h2-10H,12-13H2,1H3. The number of ether oxygens (including phenoxy) is 1. The van der Waals surface area contributed by atoms with Gasteiger partial charge in [0.2, 0.25) is 10.0 Å². The Morgan fingerprint density at radius 1 is 1.09 bits per heavy atom. The molecule has 0 saturated carbocycles. The summed E-state index contributed by atoms with van der Waals surface area (Å²) in [5.41, 5.74) is 0.919. The Hall–Kier alpha value is -2.36. The number of benzene rings is 2. The molecule has 0 heterocycles. The van der Waals surface area contributed by atoms with E-state index in [4.69, 9.17) is 10.00 Å². The van der Waals surface area contributed by atoms with Gasteiger partial charge in [-0.2, -0.15) is 9.57 Å². The first-order chi connectivity index (χ1) is 10.5. The van der Waals surface area contributed by atoms with Gasteiger partial charge in [0, 0.05) is 13.6 Å². The van der Waals surface area contributed by atoms with Crippen molar-refractivity contribution in [3.8, 4) is 11.8 Å². The van der Waals surface area contributed by atoms with Crippen LogP contribution in [0.25, 0.3) is 0 Å². The van der Waals surface area contributed by atoms with Crippen LogP contribution in [0.2, 0.25) is 0 Å². The van der Waals surface area contributed by atoms with E-state index in [9.17, 15) is 8.42 Å². The molecule has 0 radical (unpaired) electrons. The fourth-order valence-corrected chi connectivity index (χ4v) is 3.09. The van der Waals surface area contributed by atoms with Crippen molar-refractivity contribution in [2.75, 3.05) is 13.7 Å². The Morgan fingerprint density at radius 2 is 1.73 bits per heavy atom. The minimum absolute atomic E-state index is 0.0694. The summed E-state index contributed by atoms with van der Waals surface area (Å²) < 4.78 is 31.4. The Kier molecular flexibility index (Phi) is 5.15. The van der Waals surface area contributed by atoms with Crippen LogP contribution >= 0.6 is 0 Å². The van der Waals surface area contributed by atoms with Gasteiger partial charge in [-0.25, -0.2) is 8.42 Å². The summed E-state index contributed by atoms with van der Waals surface area (Å²) in [6.45, 7) is 0.232. The molecule has 0 aliphatic rings. The van der Waals surface area contributed by atoms with Crippen molar-refractivity contribution >= 4 is 10.0 Å². The van der Waals surface area contributed by atoms with Crippen molar-refractivity contribution in [3.05, 3.63) is 60.2 Å². The van der Waals surface area contributed by atoms with Crippen molar-refractivity contribution in [2.45, 2.75) is 11.4 Å². The van der Waals surface area contributed by atoms with E-state index in [1.165, 1.54) is 16.4 Å². The highest BCUT2D eigenvalue weighted by Gasteiger charge is 2.20. The van der Waals surface area contributed by atoms with Crippen molar-refractivity contribution in [3.63, 3.8) is 0 Å². The smallest absolute Gasteiger partial charge is 0.243 e. The third-order valence-electron chi connectivity index (χ3n) is 3.08. The second-order valence-corrected chi connectivity index (χ2v) is 6.71. The van der Waals surface area contributed by atoms with Crippen molar-refractivity contribution in [1.29, 1.82) is 5.26 Å². The van der Waals surface area contributed by atoms with Crippen LogP contribution in [-0.4, -0.2) is 26.4 Å². The van der Waals surface area contributed by atoms with Crippen LogP contribution in [0.4, 0.5) is 0 Å². The molecule has 0 bridgehead atoms. The number of nitrogens with zero attached hydrogens (tertiary/aromatic N) is 2. The van der Waals surface area contributed by atoms with E-state index in [1.807, 2.05) is 36.4 Å². The second-order valence-electron chi connectivity index (χ2n) is 4.66. The SMILES string of the molecule is CN(Cc1ccccc1)S(=O)(=O)c1ccc(OCC#N)cc1. The molecule has 0 aromatic heterocycles. The number of sulfonamides is 1. The molecule has 114 valence electrons. The first-order valence-corrected chi connectivity index (χ1v) is 8.08. The summed E-state index contributed by atoms with van der Waals surface area (Å²) in [4.78, 5) is 0.190. The highest BCUT2D eigenvalue weighted by Crippen LogP contribution is 2.20. The van der Waals surface area contributed by atoms with Gasteiger partial charge in [-0.15, -0.1) is 0 Å². The number of rotatable bonds is 6. The predicted octanol–water partition coefficient (Wildman–Crippen LogP) is 2.41. The first kappa shape index (κ1) is 16.0. The van der Waals surface area contributed by atoms with Crippen LogP contribution in [0.15, 0.2) is 59.5 Å². The molecule has 6 heteroatoms. The molecule has 0 saturated heterocycles. The van der Waals surface area contributed by atoms with E-state index in [1.54, 1.807) is 19.2 Å². The quantitative estimate of drug-likeness (QED) is 0.820. The first-order valence-electron chi connectivity index (χ1n) is 6.64. The lowest BCUT2D eigenvalue weighted by Gasteiger charge is -2.17. The zero-order chi connectivity index (χ0) is 16.0. The van der Waals surface area contributed by atoms with E-state index in [-0.39, 0.29) is 11.5 Å². The summed E-state index contributed by atoms with van der Waals surface area (Å²) in [5.74, 6) is 0.464. The monoisotopic (exact) mass is 316 g/mol. The maximum Gasteiger partial charge on any atom is 0.243 e. The van der Waals surface area contributed by atoms with Gasteiger partial charge >= 0.3 is 0 Å². The van der Waals surface area contributed by atoms with E-state index in [2.05, 4.69) is 0 Å². The van der Waals surface area contributed by atoms with Crippen molar-refractivity contribution < 1.29 is 13.2 Å². The lowest BCUT2D eigenvalue weighted by atomic mass is 10.2. The number of hydrogen-bond acceptors (Lipinski definition) is 4. The van der Waals surface area contributed by atoms with Gasteiger partial charge in [-0.1, -0.05) is 30.3 Å². The number of nitriles is 1. The molecule has 0 atom stereocenters. The molecule has 0 N–H and O–H groups in total. The molecule has 0 aliphatic carbocycles. The van der Waals surface area contributed by atoms with E-state index >= 15 is 0 Å². The van der Waals surface area contributed by atoms with Crippen LogP contribution in [-0.2, 0) is 16.6 Å². The molecule has 0 amide bonds. The average molecular weight is 316 g/mol. The number of hydrogen-bond donors (Lipinski definition) is 0. The zero-order valence-corrected chi connectivity index (χ0v) is 13.0. The fraction of sp³-hybridized carbons (Fsp3) is 0.188. The molecule has 22 heavy (non-hydrogen) atoms. The largest absolute Gasteiger partial charge is 0.479 e. The highest BCUT2D eigenvalue weighted by molar-refractivity contribution is 7.89. The van der Waals surface area contributed by atoms with Gasteiger partial charge in [0.05, 0.1) is 4.90 Å². The summed E-state index contributed by atoms with van der Waals surface area (Å²) in [5, 5.41) is 8.45. The molecule has 2 aromatic rings. The van der Waals surface area contributed by atoms with Crippen LogP contribution in [0.5, 0.6) is 5.75 Å². The third kappa shape index (κ3) is 3.85. The normalized spacial score (nSPS) is 11.1. The fourth-order valence-electron chi connectivity index (χ4n) is 1.93. The van der Waals surface area contributed by atoms with Gasteiger partial charge in [-0.3, -0.25) is 0 Å². The topological polar surface area (TPSA) is 70.4 Å². The van der Waals surface area contributed by atoms with Crippen LogP contribution in [0.3, 0.4) is 0 Å². The lowest BCUT2D eigenvalue weighted by molar-refractivity contribution is 0.368. The molecule has 0 spiro atoms. The Balaban J connectivity index is 2.14. The Labute approximate surface area is 130 Å². The van der Waals surface area contributed by atoms with Crippen LogP contribution in [0, 0.1) is 11.3 Å². The predicted molar refractivity (Wildman–Crippen MR) is 82.6 cm³/mol. The molecule has 2 aromatic carbocycles. The third-order valence-corrected chi connectivity index (χ3v) is 4.90. The summed E-state index contributed by atoms with van der Waals surface area (Å²) in [6.07, 6.45) is 0. The second kappa shape index (κ2) is 7.07. The maximum absolute atomic E-state index is 12.5. The van der Waals surface area contributed by atoms with Gasteiger partial charge in [0.25, 0.3) is 0 Å². The highest BCUT2D eigenvalue weighted by atomic mass is 32.2. The molecule has 5 nitrogen and oxygen atoms in total. The summed E-state index contributed by atoms with van der Waals surface area (Å²) >= 11 is 0. The van der Waals surface area contributed by atoms with Gasteiger partial charge in [0.15, 0.2) is 6.61 Å². The summed E-state index contributed by atoms with van der Waals surface area (Å²) in [7, 11) is -2.02. The Bertz CT molecular complexity index is 750. The van der Waals surface area contributed by atoms with Gasteiger partial charge in [-0.05, 0) is 29.8 Å². The lowest BCUT2D eigenvalue weighted by Crippen LogP contribution is -2.26. The minimum Gasteiger partial charge on any atom is -0.479 e. The van der Waals surface area contributed by atoms with E-state index in [0.29, 0.717) is 12.3 Å². The zero-order valence-electron chi connectivity index (χ0n) is 12.1. The van der Waals surface area contributed by atoms with Crippen molar-refractivity contribution in [2.24, 2.45) is 0 Å². The molecule has 0 fully saturated rings. The average Bonchev–Trinajstić information content (AvgIpc) is 2.54. The Morgan fingerprint density at radius 3 is 2.32 bits per heavy atom. The molecular formula is C16H16N2O3S. The van der Waals surface area contributed by atoms with Gasteiger partial charge in [0.1, 0.15) is 11.8 Å². The van der Waals surface area contributed by atoms with Gasteiger partial charge < -0.3 is 4.74 Å². The van der Waals surface area contributed by atoms with Crippen molar-refractivity contribution in [1.82, 2.24) is 4.31 Å². The molecule has 0 aliphatic heterocycles. The summed E-state index contributed by atoms with van der Waals surface area (Å²) in [6, 6.07) is 17.3. The van der Waals surface area contributed by atoms with Crippen LogP contribution in [0.1, 0.15) is 5.56 Å². The molecular weight excluding hydrogens is 300 g/mol. The van der Waals surface area contributed by atoms with Crippen LogP contribution < -0.4 is 4.74 Å². The molecule has 2 rings (SSSR count). The van der Waals surface area contributed by atoms with E-state index in [0.717, 1.165) is 5.56 Å². The minimum atomic E-state index is -3.56. The molecule has 0 unspecified atom stereocenters. The van der Waals surface area contributed by atoms with E-state index < -0.39 is 10.0 Å².